The fourth-order valence-electron chi connectivity index (χ4n) is 1.73. The summed E-state index contributed by atoms with van der Waals surface area (Å²) in [6.07, 6.45) is 1.93. The molecular weight excluding hydrogens is 202 g/mol. The van der Waals surface area contributed by atoms with E-state index in [0.29, 0.717) is 18.4 Å². The standard InChI is InChI=1S/C13H15NO2/c1-2-11(15)9-14-8-7-10-5-3-4-6-12(10)13(14)16/h3-8,11,15H,2,9H2,1H3. The van der Waals surface area contributed by atoms with Crippen molar-refractivity contribution >= 4 is 10.8 Å². The summed E-state index contributed by atoms with van der Waals surface area (Å²) in [6, 6.07) is 9.39. The Morgan fingerprint density at radius 2 is 2.06 bits per heavy atom. The summed E-state index contributed by atoms with van der Waals surface area (Å²) in [5.41, 5.74) is -0.0365. The second-order valence-corrected chi connectivity index (χ2v) is 3.92. The predicted octanol–water partition coefficient (Wildman–Crippen LogP) is 1.77. The lowest BCUT2D eigenvalue weighted by Gasteiger charge is -2.11. The smallest absolute Gasteiger partial charge is 0.258 e. The molecule has 0 saturated carbocycles. The molecule has 0 aliphatic rings. The third-order valence-electron chi connectivity index (χ3n) is 2.76. The number of fused-ring (bicyclic) bond motifs is 1. The zero-order valence-corrected chi connectivity index (χ0v) is 9.26. The van der Waals surface area contributed by atoms with E-state index < -0.39 is 6.10 Å². The summed E-state index contributed by atoms with van der Waals surface area (Å²) >= 11 is 0. The first-order valence-electron chi connectivity index (χ1n) is 5.48. The third kappa shape index (κ3) is 1.99. The molecule has 0 aliphatic heterocycles. The van der Waals surface area contributed by atoms with Crippen LogP contribution in [0.5, 0.6) is 0 Å². The van der Waals surface area contributed by atoms with E-state index in [9.17, 15) is 9.90 Å². The molecule has 1 atom stereocenters. The lowest BCUT2D eigenvalue weighted by Crippen LogP contribution is -2.25. The van der Waals surface area contributed by atoms with Crippen LogP contribution in [0, 0.1) is 0 Å². The van der Waals surface area contributed by atoms with E-state index in [0.717, 1.165) is 5.39 Å². The van der Waals surface area contributed by atoms with Gasteiger partial charge in [0, 0.05) is 11.6 Å². The molecule has 3 nitrogen and oxygen atoms in total. The van der Waals surface area contributed by atoms with Crippen LogP contribution in [-0.4, -0.2) is 15.8 Å². The van der Waals surface area contributed by atoms with Crippen LogP contribution in [0.1, 0.15) is 13.3 Å². The van der Waals surface area contributed by atoms with Crippen molar-refractivity contribution in [3.8, 4) is 0 Å². The number of nitrogens with zero attached hydrogens (tertiary/aromatic N) is 1. The number of pyridine rings is 1. The van der Waals surface area contributed by atoms with Gasteiger partial charge in [-0.3, -0.25) is 4.79 Å². The summed E-state index contributed by atoms with van der Waals surface area (Å²) in [4.78, 5) is 12.0. The quantitative estimate of drug-likeness (QED) is 0.851. The lowest BCUT2D eigenvalue weighted by molar-refractivity contribution is 0.149. The summed E-state index contributed by atoms with van der Waals surface area (Å²) in [7, 11) is 0. The Hall–Kier alpha value is -1.61. The van der Waals surface area contributed by atoms with Gasteiger partial charge in [0.25, 0.3) is 5.56 Å². The molecule has 16 heavy (non-hydrogen) atoms. The van der Waals surface area contributed by atoms with Crippen molar-refractivity contribution in [1.82, 2.24) is 4.57 Å². The zero-order valence-electron chi connectivity index (χ0n) is 9.26. The number of aliphatic hydroxyl groups is 1. The van der Waals surface area contributed by atoms with Crippen LogP contribution in [0.3, 0.4) is 0 Å². The van der Waals surface area contributed by atoms with Gasteiger partial charge in [0.1, 0.15) is 0 Å². The van der Waals surface area contributed by atoms with Gasteiger partial charge in [-0.25, -0.2) is 0 Å². The van der Waals surface area contributed by atoms with Crippen LogP contribution in [0.25, 0.3) is 10.8 Å². The highest BCUT2D eigenvalue weighted by Gasteiger charge is 2.05. The van der Waals surface area contributed by atoms with E-state index in [4.69, 9.17) is 0 Å². The number of aliphatic hydroxyl groups excluding tert-OH is 1. The van der Waals surface area contributed by atoms with Gasteiger partial charge in [0.2, 0.25) is 0 Å². The molecule has 0 bridgehead atoms. The van der Waals surface area contributed by atoms with Crippen molar-refractivity contribution in [2.45, 2.75) is 26.0 Å². The van der Waals surface area contributed by atoms with Crippen LogP contribution >= 0.6 is 0 Å². The Morgan fingerprint density at radius 1 is 1.31 bits per heavy atom. The molecular formula is C13H15NO2. The van der Waals surface area contributed by atoms with E-state index in [2.05, 4.69) is 0 Å². The van der Waals surface area contributed by atoms with Crippen LogP contribution in [0.2, 0.25) is 0 Å². The molecule has 1 N–H and O–H groups in total. The Kier molecular flexibility index (Phi) is 3.06. The lowest BCUT2D eigenvalue weighted by atomic mass is 10.2. The van der Waals surface area contributed by atoms with Crippen molar-refractivity contribution in [3.05, 3.63) is 46.9 Å². The van der Waals surface area contributed by atoms with E-state index in [-0.39, 0.29) is 5.56 Å². The number of benzene rings is 1. The third-order valence-corrected chi connectivity index (χ3v) is 2.76. The summed E-state index contributed by atoms with van der Waals surface area (Å²) in [6.45, 7) is 2.26. The fourth-order valence-corrected chi connectivity index (χ4v) is 1.73. The van der Waals surface area contributed by atoms with Gasteiger partial charge in [-0.1, -0.05) is 25.1 Å². The molecule has 2 rings (SSSR count). The monoisotopic (exact) mass is 217 g/mol. The average molecular weight is 217 g/mol. The van der Waals surface area contributed by atoms with Gasteiger partial charge in [0.05, 0.1) is 12.6 Å². The minimum atomic E-state index is -0.459. The summed E-state index contributed by atoms with van der Waals surface area (Å²) in [5.74, 6) is 0. The molecule has 3 heteroatoms. The first-order valence-corrected chi connectivity index (χ1v) is 5.48. The van der Waals surface area contributed by atoms with Gasteiger partial charge >= 0.3 is 0 Å². The van der Waals surface area contributed by atoms with E-state index >= 15 is 0 Å². The number of hydrogen-bond acceptors (Lipinski definition) is 2. The molecule has 2 aromatic rings. The molecule has 0 radical (unpaired) electrons. The first kappa shape index (κ1) is 10.9. The van der Waals surface area contributed by atoms with Crippen molar-refractivity contribution in [1.29, 1.82) is 0 Å². The number of hydrogen-bond donors (Lipinski definition) is 1. The molecule has 0 amide bonds. The normalized spacial score (nSPS) is 12.9. The van der Waals surface area contributed by atoms with Crippen LogP contribution in [0.4, 0.5) is 0 Å². The molecule has 0 saturated heterocycles. The molecule has 1 unspecified atom stereocenters. The highest BCUT2D eigenvalue weighted by Crippen LogP contribution is 2.08. The fraction of sp³-hybridized carbons (Fsp3) is 0.308. The van der Waals surface area contributed by atoms with Gasteiger partial charge in [-0.05, 0) is 23.9 Å². The highest BCUT2D eigenvalue weighted by atomic mass is 16.3. The minimum Gasteiger partial charge on any atom is -0.391 e. The number of aromatic nitrogens is 1. The van der Waals surface area contributed by atoms with Crippen molar-refractivity contribution in [3.63, 3.8) is 0 Å². The predicted molar refractivity (Wildman–Crippen MR) is 64.5 cm³/mol. The van der Waals surface area contributed by atoms with Gasteiger partial charge in [0.15, 0.2) is 0 Å². The van der Waals surface area contributed by atoms with Crippen LogP contribution < -0.4 is 5.56 Å². The maximum Gasteiger partial charge on any atom is 0.258 e. The average Bonchev–Trinajstić information content (AvgIpc) is 2.33. The maximum atomic E-state index is 12.0. The van der Waals surface area contributed by atoms with E-state index in [1.165, 1.54) is 0 Å². The number of rotatable bonds is 3. The zero-order chi connectivity index (χ0) is 11.5. The molecule has 1 heterocycles. The Morgan fingerprint density at radius 3 is 2.81 bits per heavy atom. The van der Waals surface area contributed by atoms with Crippen molar-refractivity contribution in [2.24, 2.45) is 0 Å². The van der Waals surface area contributed by atoms with Crippen molar-refractivity contribution < 1.29 is 5.11 Å². The Balaban J connectivity index is 2.49. The topological polar surface area (TPSA) is 42.2 Å². The molecule has 0 aliphatic carbocycles. The van der Waals surface area contributed by atoms with Gasteiger partial charge < -0.3 is 9.67 Å². The van der Waals surface area contributed by atoms with E-state index in [1.807, 2.05) is 37.3 Å². The SMILES string of the molecule is CCC(O)Cn1ccc2ccccc2c1=O. The van der Waals surface area contributed by atoms with Crippen molar-refractivity contribution in [2.75, 3.05) is 0 Å². The second-order valence-electron chi connectivity index (χ2n) is 3.92. The maximum absolute atomic E-state index is 12.0. The largest absolute Gasteiger partial charge is 0.391 e. The molecule has 0 fully saturated rings. The molecule has 0 spiro atoms. The highest BCUT2D eigenvalue weighted by molar-refractivity contribution is 5.81. The van der Waals surface area contributed by atoms with E-state index in [1.54, 1.807) is 10.8 Å². The summed E-state index contributed by atoms with van der Waals surface area (Å²) in [5, 5.41) is 11.2. The Labute approximate surface area is 94.0 Å². The van der Waals surface area contributed by atoms with Gasteiger partial charge in [-0.15, -0.1) is 0 Å². The molecule has 1 aromatic heterocycles. The summed E-state index contributed by atoms with van der Waals surface area (Å²) < 4.78 is 1.57. The van der Waals surface area contributed by atoms with Crippen LogP contribution in [0.15, 0.2) is 41.3 Å². The first-order chi connectivity index (χ1) is 7.72. The second kappa shape index (κ2) is 4.49. The minimum absolute atomic E-state index is 0.0365. The van der Waals surface area contributed by atoms with Crippen LogP contribution in [-0.2, 0) is 6.54 Å². The Bertz CT molecular complexity index is 545. The van der Waals surface area contributed by atoms with Gasteiger partial charge in [-0.2, -0.15) is 0 Å². The molecule has 1 aromatic carbocycles. The molecule has 84 valence electrons.